The number of carboxylic acid groups (broad SMARTS) is 1. The Morgan fingerprint density at radius 3 is 2.40 bits per heavy atom. The van der Waals surface area contributed by atoms with Crippen molar-refractivity contribution in [1.82, 2.24) is 0 Å². The normalized spacial score (nSPS) is 11.2. The number of nitrogens with two attached hydrogens (primary N) is 1. The number of aromatic carboxylic acids is 1. The van der Waals surface area contributed by atoms with Gasteiger partial charge in [-0.1, -0.05) is 13.8 Å². The molecule has 0 saturated carbocycles. The highest BCUT2D eigenvalue weighted by Gasteiger charge is 2.34. The Morgan fingerprint density at radius 2 is 1.95 bits per heavy atom. The molecular weight excluding hydrogens is 263 g/mol. The molecule has 0 spiro atoms. The third-order valence-corrected chi connectivity index (χ3v) is 3.69. The number of hydrogen-bond donors (Lipinski definition) is 3. The molecule has 0 radical (unpaired) electrons. The minimum atomic E-state index is -1.23. The van der Waals surface area contributed by atoms with Crippen LogP contribution in [0.5, 0.6) is 0 Å². The molecule has 0 aromatic heterocycles. The fraction of sp³-hybridized carbons (Fsp3) is 0.429. The van der Waals surface area contributed by atoms with Gasteiger partial charge in [0.25, 0.3) is 0 Å². The highest BCUT2D eigenvalue weighted by Crippen LogP contribution is 2.28. The molecule has 6 heteroatoms. The largest absolute Gasteiger partial charge is 0.478 e. The maximum Gasteiger partial charge on any atom is 0.337 e. The lowest BCUT2D eigenvalue weighted by Gasteiger charge is -2.28. The van der Waals surface area contributed by atoms with Crippen LogP contribution in [-0.4, -0.2) is 23.5 Å². The zero-order valence-corrected chi connectivity index (χ0v) is 11.6. The molecule has 1 amide bonds. The summed E-state index contributed by atoms with van der Waals surface area (Å²) in [5.41, 5.74) is 4.68. The van der Waals surface area contributed by atoms with Crippen LogP contribution in [0.2, 0.25) is 0 Å². The van der Waals surface area contributed by atoms with Gasteiger partial charge in [-0.2, -0.15) is 0 Å². The van der Waals surface area contributed by atoms with E-state index in [-0.39, 0.29) is 17.8 Å². The van der Waals surface area contributed by atoms with Crippen LogP contribution in [0.15, 0.2) is 18.2 Å². The first-order chi connectivity index (χ1) is 9.40. The zero-order valence-electron chi connectivity index (χ0n) is 11.6. The van der Waals surface area contributed by atoms with Gasteiger partial charge in [0.15, 0.2) is 0 Å². The number of anilines is 1. The van der Waals surface area contributed by atoms with Crippen LogP contribution in [-0.2, 0) is 4.79 Å². The Hall–Kier alpha value is -1.95. The molecule has 0 aliphatic rings. The molecule has 0 atom stereocenters. The van der Waals surface area contributed by atoms with Gasteiger partial charge < -0.3 is 16.2 Å². The van der Waals surface area contributed by atoms with Crippen LogP contribution in [0.4, 0.5) is 10.1 Å². The number of nitrogens with one attached hydrogen (secondary N) is 1. The smallest absolute Gasteiger partial charge is 0.337 e. The van der Waals surface area contributed by atoms with Crippen molar-refractivity contribution in [3.05, 3.63) is 29.6 Å². The number of halogens is 1. The Morgan fingerprint density at radius 1 is 1.35 bits per heavy atom. The summed E-state index contributed by atoms with van der Waals surface area (Å²) < 4.78 is 13.2. The standard InChI is InChI=1S/C14H19FN2O3/c1-3-14(4-2,8-16)13(20)17-11-7-9(15)5-6-10(11)12(18)19/h5-7H,3-4,8,16H2,1-2H3,(H,17,20)(H,18,19). The number of benzene rings is 1. The Bertz CT molecular complexity index is 505. The van der Waals surface area contributed by atoms with E-state index in [2.05, 4.69) is 5.32 Å². The van der Waals surface area contributed by atoms with E-state index in [0.29, 0.717) is 12.8 Å². The van der Waals surface area contributed by atoms with E-state index in [1.807, 2.05) is 13.8 Å². The van der Waals surface area contributed by atoms with Gasteiger partial charge in [-0.05, 0) is 31.0 Å². The van der Waals surface area contributed by atoms with E-state index in [9.17, 15) is 14.0 Å². The SMILES string of the molecule is CCC(CC)(CN)C(=O)Nc1cc(F)ccc1C(=O)O. The van der Waals surface area contributed by atoms with Crippen molar-refractivity contribution in [3.8, 4) is 0 Å². The molecule has 0 saturated heterocycles. The number of rotatable bonds is 6. The first kappa shape index (κ1) is 16.1. The van der Waals surface area contributed by atoms with Crippen molar-refractivity contribution in [1.29, 1.82) is 0 Å². The summed E-state index contributed by atoms with van der Waals surface area (Å²) in [6, 6.07) is 3.15. The molecule has 0 bridgehead atoms. The molecule has 1 aromatic rings. The first-order valence-corrected chi connectivity index (χ1v) is 6.44. The van der Waals surface area contributed by atoms with Gasteiger partial charge in [0.05, 0.1) is 16.7 Å². The summed E-state index contributed by atoms with van der Waals surface area (Å²) in [5, 5.41) is 11.5. The van der Waals surface area contributed by atoms with Gasteiger partial charge >= 0.3 is 5.97 Å². The third kappa shape index (κ3) is 3.14. The lowest BCUT2D eigenvalue weighted by molar-refractivity contribution is -0.125. The molecule has 1 aromatic carbocycles. The first-order valence-electron chi connectivity index (χ1n) is 6.44. The highest BCUT2D eigenvalue weighted by atomic mass is 19.1. The molecular formula is C14H19FN2O3. The Kier molecular flexibility index (Phi) is 5.21. The second-order valence-electron chi connectivity index (χ2n) is 4.64. The molecule has 5 nitrogen and oxygen atoms in total. The molecule has 110 valence electrons. The summed E-state index contributed by atoms with van der Waals surface area (Å²) in [4.78, 5) is 23.4. The summed E-state index contributed by atoms with van der Waals surface area (Å²) in [6.45, 7) is 3.81. The van der Waals surface area contributed by atoms with Crippen molar-refractivity contribution < 1.29 is 19.1 Å². The van der Waals surface area contributed by atoms with Gasteiger partial charge in [-0.15, -0.1) is 0 Å². The molecule has 0 unspecified atom stereocenters. The van der Waals surface area contributed by atoms with Crippen LogP contribution in [0.25, 0.3) is 0 Å². The van der Waals surface area contributed by atoms with E-state index in [0.717, 1.165) is 18.2 Å². The van der Waals surface area contributed by atoms with E-state index in [1.165, 1.54) is 0 Å². The molecule has 0 fully saturated rings. The number of amides is 1. The fourth-order valence-corrected chi connectivity index (χ4v) is 2.01. The minimum Gasteiger partial charge on any atom is -0.478 e. The topological polar surface area (TPSA) is 92.4 Å². The van der Waals surface area contributed by atoms with Crippen molar-refractivity contribution in [3.63, 3.8) is 0 Å². The van der Waals surface area contributed by atoms with E-state index in [4.69, 9.17) is 10.8 Å². The molecule has 20 heavy (non-hydrogen) atoms. The average molecular weight is 282 g/mol. The molecule has 0 aliphatic carbocycles. The van der Waals surface area contributed by atoms with Crippen LogP contribution in [0.3, 0.4) is 0 Å². The minimum absolute atomic E-state index is 0.0535. The second kappa shape index (κ2) is 6.47. The summed E-state index contributed by atoms with van der Waals surface area (Å²) >= 11 is 0. The lowest BCUT2D eigenvalue weighted by atomic mass is 9.81. The van der Waals surface area contributed by atoms with E-state index >= 15 is 0 Å². The van der Waals surface area contributed by atoms with Crippen molar-refractivity contribution in [2.75, 3.05) is 11.9 Å². The van der Waals surface area contributed by atoms with Crippen molar-refractivity contribution in [2.45, 2.75) is 26.7 Å². The average Bonchev–Trinajstić information content (AvgIpc) is 2.41. The molecule has 0 aliphatic heterocycles. The Balaban J connectivity index is 3.12. The van der Waals surface area contributed by atoms with Crippen LogP contribution in [0.1, 0.15) is 37.0 Å². The van der Waals surface area contributed by atoms with Crippen LogP contribution >= 0.6 is 0 Å². The van der Waals surface area contributed by atoms with Gasteiger partial charge in [0.2, 0.25) is 5.91 Å². The maximum absolute atomic E-state index is 13.2. The van der Waals surface area contributed by atoms with Crippen LogP contribution in [0, 0.1) is 11.2 Å². The van der Waals surface area contributed by atoms with Gasteiger partial charge in [0.1, 0.15) is 5.82 Å². The quantitative estimate of drug-likeness (QED) is 0.746. The Labute approximate surface area is 117 Å². The summed E-state index contributed by atoms with van der Waals surface area (Å²) in [6.07, 6.45) is 1.03. The van der Waals surface area contributed by atoms with Gasteiger partial charge in [-0.3, -0.25) is 4.79 Å². The zero-order chi connectivity index (χ0) is 15.3. The van der Waals surface area contributed by atoms with E-state index < -0.39 is 23.1 Å². The summed E-state index contributed by atoms with van der Waals surface area (Å²) in [5.74, 6) is -2.23. The molecule has 4 N–H and O–H groups in total. The number of carbonyl (C=O) groups excluding carboxylic acids is 1. The molecule has 1 rings (SSSR count). The van der Waals surface area contributed by atoms with Crippen LogP contribution < -0.4 is 11.1 Å². The number of carboxylic acids is 1. The monoisotopic (exact) mass is 282 g/mol. The highest BCUT2D eigenvalue weighted by molar-refractivity contribution is 6.02. The number of carbonyl (C=O) groups is 2. The van der Waals surface area contributed by atoms with Gasteiger partial charge in [0, 0.05) is 6.54 Å². The number of hydrogen-bond acceptors (Lipinski definition) is 3. The maximum atomic E-state index is 13.2. The van der Waals surface area contributed by atoms with Crippen molar-refractivity contribution >= 4 is 17.6 Å². The van der Waals surface area contributed by atoms with Crippen molar-refractivity contribution in [2.24, 2.45) is 11.1 Å². The van der Waals surface area contributed by atoms with E-state index in [1.54, 1.807) is 0 Å². The fourth-order valence-electron chi connectivity index (χ4n) is 2.01. The predicted octanol–water partition coefficient (Wildman–Crippen LogP) is 2.23. The predicted molar refractivity (Wildman–Crippen MR) is 74.1 cm³/mol. The second-order valence-corrected chi connectivity index (χ2v) is 4.64. The third-order valence-electron chi connectivity index (χ3n) is 3.69. The molecule has 0 heterocycles. The summed E-state index contributed by atoms with van der Waals surface area (Å²) in [7, 11) is 0. The lowest BCUT2D eigenvalue weighted by Crippen LogP contribution is -2.41. The van der Waals surface area contributed by atoms with Gasteiger partial charge in [-0.25, -0.2) is 9.18 Å².